The van der Waals surface area contributed by atoms with Crippen LogP contribution in [-0.4, -0.2) is 30.6 Å². The van der Waals surface area contributed by atoms with Crippen LogP contribution in [-0.2, 0) is 4.79 Å². The Morgan fingerprint density at radius 3 is 2.75 bits per heavy atom. The van der Waals surface area contributed by atoms with Crippen molar-refractivity contribution in [2.45, 2.75) is 57.2 Å². The summed E-state index contributed by atoms with van der Waals surface area (Å²) in [6.07, 6.45) is 5.88. The van der Waals surface area contributed by atoms with Crippen molar-refractivity contribution in [3.05, 3.63) is 0 Å². The average Bonchev–Trinajstić information content (AvgIpc) is 2.96. The molecule has 2 fully saturated rings. The minimum atomic E-state index is -0.0854. The number of nitrogens with one attached hydrogen (secondary N) is 2. The zero-order valence-corrected chi connectivity index (χ0v) is 10.0. The third-order valence-corrected chi connectivity index (χ3v) is 3.74. The average molecular weight is 225 g/mol. The molecule has 0 aromatic heterocycles. The standard InChI is InChI=1S/C12H23N3O/c1-8(12(16)15-10-5-6-10)14-11-4-2-3-9(11)7-13/h8-11,14H,2-7,13H2,1H3,(H,15,16). The molecular weight excluding hydrogens is 202 g/mol. The van der Waals surface area contributed by atoms with Crippen LogP contribution in [0, 0.1) is 5.92 Å². The van der Waals surface area contributed by atoms with E-state index in [9.17, 15) is 4.79 Å². The third kappa shape index (κ3) is 2.95. The van der Waals surface area contributed by atoms with Crippen LogP contribution >= 0.6 is 0 Å². The van der Waals surface area contributed by atoms with Crippen molar-refractivity contribution in [2.24, 2.45) is 11.7 Å². The number of carbonyl (C=O) groups is 1. The van der Waals surface area contributed by atoms with Crippen LogP contribution in [0.5, 0.6) is 0 Å². The maximum Gasteiger partial charge on any atom is 0.237 e. The van der Waals surface area contributed by atoms with E-state index < -0.39 is 0 Å². The van der Waals surface area contributed by atoms with Crippen LogP contribution in [0.4, 0.5) is 0 Å². The highest BCUT2D eigenvalue weighted by atomic mass is 16.2. The Kier molecular flexibility index (Phi) is 3.82. The van der Waals surface area contributed by atoms with Gasteiger partial charge in [-0.1, -0.05) is 6.42 Å². The molecule has 0 bridgehead atoms. The van der Waals surface area contributed by atoms with Gasteiger partial charge in [0, 0.05) is 12.1 Å². The first-order valence-electron chi connectivity index (χ1n) is 6.47. The van der Waals surface area contributed by atoms with Crippen molar-refractivity contribution in [1.29, 1.82) is 0 Å². The summed E-state index contributed by atoms with van der Waals surface area (Å²) in [4.78, 5) is 11.8. The minimum Gasteiger partial charge on any atom is -0.352 e. The summed E-state index contributed by atoms with van der Waals surface area (Å²) in [7, 11) is 0. The second-order valence-corrected chi connectivity index (χ2v) is 5.20. The van der Waals surface area contributed by atoms with Crippen molar-refractivity contribution in [1.82, 2.24) is 10.6 Å². The molecule has 3 atom stereocenters. The summed E-state index contributed by atoms with van der Waals surface area (Å²) in [5.41, 5.74) is 5.73. The molecule has 92 valence electrons. The summed E-state index contributed by atoms with van der Waals surface area (Å²) in [5, 5.41) is 6.45. The second kappa shape index (κ2) is 5.15. The predicted octanol–water partition coefficient (Wildman–Crippen LogP) is 0.371. The number of hydrogen-bond donors (Lipinski definition) is 3. The van der Waals surface area contributed by atoms with E-state index in [-0.39, 0.29) is 11.9 Å². The molecule has 4 nitrogen and oxygen atoms in total. The second-order valence-electron chi connectivity index (χ2n) is 5.20. The van der Waals surface area contributed by atoms with Gasteiger partial charge in [0.25, 0.3) is 0 Å². The molecule has 2 aliphatic carbocycles. The highest BCUT2D eigenvalue weighted by Gasteiger charge is 2.30. The van der Waals surface area contributed by atoms with Gasteiger partial charge in [-0.25, -0.2) is 0 Å². The molecule has 2 saturated carbocycles. The van der Waals surface area contributed by atoms with E-state index in [0.29, 0.717) is 18.0 Å². The fourth-order valence-electron chi connectivity index (χ4n) is 2.49. The molecule has 0 radical (unpaired) electrons. The lowest BCUT2D eigenvalue weighted by atomic mass is 10.0. The third-order valence-electron chi connectivity index (χ3n) is 3.74. The van der Waals surface area contributed by atoms with Crippen LogP contribution in [0.15, 0.2) is 0 Å². The first-order valence-corrected chi connectivity index (χ1v) is 6.47. The van der Waals surface area contributed by atoms with E-state index in [2.05, 4.69) is 10.6 Å². The Morgan fingerprint density at radius 1 is 1.38 bits per heavy atom. The Labute approximate surface area is 97.3 Å². The fraction of sp³-hybridized carbons (Fsp3) is 0.917. The highest BCUT2D eigenvalue weighted by molar-refractivity contribution is 5.81. The Hall–Kier alpha value is -0.610. The molecule has 0 aliphatic heterocycles. The normalized spacial score (nSPS) is 31.4. The zero-order chi connectivity index (χ0) is 11.5. The van der Waals surface area contributed by atoms with E-state index >= 15 is 0 Å². The molecule has 3 unspecified atom stereocenters. The highest BCUT2D eigenvalue weighted by Crippen LogP contribution is 2.25. The molecule has 2 aliphatic rings. The Morgan fingerprint density at radius 2 is 2.12 bits per heavy atom. The molecule has 2 rings (SSSR count). The van der Waals surface area contributed by atoms with Gasteiger partial charge >= 0.3 is 0 Å². The molecule has 0 aromatic rings. The topological polar surface area (TPSA) is 67.1 Å². The van der Waals surface area contributed by atoms with E-state index in [0.717, 1.165) is 25.8 Å². The van der Waals surface area contributed by atoms with E-state index in [1.807, 2.05) is 6.92 Å². The summed E-state index contributed by atoms with van der Waals surface area (Å²) in [6, 6.07) is 0.799. The van der Waals surface area contributed by atoms with Gasteiger partial charge in [0.15, 0.2) is 0 Å². The number of nitrogens with two attached hydrogens (primary N) is 1. The molecule has 1 amide bonds. The predicted molar refractivity (Wildman–Crippen MR) is 63.9 cm³/mol. The van der Waals surface area contributed by atoms with Gasteiger partial charge in [0.2, 0.25) is 5.91 Å². The molecule has 0 spiro atoms. The lowest BCUT2D eigenvalue weighted by molar-refractivity contribution is -0.123. The van der Waals surface area contributed by atoms with Gasteiger partial charge in [0.05, 0.1) is 6.04 Å². The summed E-state index contributed by atoms with van der Waals surface area (Å²) in [6.45, 7) is 2.68. The van der Waals surface area contributed by atoms with Gasteiger partial charge in [0.1, 0.15) is 0 Å². The number of hydrogen-bond acceptors (Lipinski definition) is 3. The van der Waals surface area contributed by atoms with Gasteiger partial charge in [-0.05, 0) is 45.1 Å². The van der Waals surface area contributed by atoms with Gasteiger partial charge in [-0.3, -0.25) is 4.79 Å². The first kappa shape index (κ1) is 11.9. The van der Waals surface area contributed by atoms with Gasteiger partial charge in [-0.2, -0.15) is 0 Å². The van der Waals surface area contributed by atoms with Crippen molar-refractivity contribution < 1.29 is 4.79 Å². The van der Waals surface area contributed by atoms with Crippen molar-refractivity contribution in [3.63, 3.8) is 0 Å². The molecular formula is C12H23N3O. The van der Waals surface area contributed by atoms with Gasteiger partial charge < -0.3 is 16.4 Å². The molecule has 4 heteroatoms. The summed E-state index contributed by atoms with van der Waals surface area (Å²) >= 11 is 0. The van der Waals surface area contributed by atoms with Crippen molar-refractivity contribution >= 4 is 5.91 Å². The molecule has 16 heavy (non-hydrogen) atoms. The maximum atomic E-state index is 11.8. The number of rotatable bonds is 5. The minimum absolute atomic E-state index is 0.0854. The van der Waals surface area contributed by atoms with E-state index in [4.69, 9.17) is 5.73 Å². The lowest BCUT2D eigenvalue weighted by Crippen LogP contribution is -2.49. The zero-order valence-electron chi connectivity index (χ0n) is 10.0. The summed E-state index contributed by atoms with van der Waals surface area (Å²) in [5.74, 6) is 0.696. The SMILES string of the molecule is CC(NC1CCCC1CN)C(=O)NC1CC1. The Balaban J connectivity index is 1.76. The quantitative estimate of drug-likeness (QED) is 0.633. The van der Waals surface area contributed by atoms with Crippen molar-refractivity contribution in [2.75, 3.05) is 6.54 Å². The van der Waals surface area contributed by atoms with Crippen LogP contribution in [0.25, 0.3) is 0 Å². The molecule has 4 N–H and O–H groups in total. The number of carbonyl (C=O) groups excluding carboxylic acids is 1. The van der Waals surface area contributed by atoms with Crippen LogP contribution in [0.1, 0.15) is 39.0 Å². The first-order chi connectivity index (χ1) is 7.70. The maximum absolute atomic E-state index is 11.8. The van der Waals surface area contributed by atoms with Gasteiger partial charge in [-0.15, -0.1) is 0 Å². The smallest absolute Gasteiger partial charge is 0.237 e. The lowest BCUT2D eigenvalue weighted by Gasteiger charge is -2.23. The summed E-state index contributed by atoms with van der Waals surface area (Å²) < 4.78 is 0. The van der Waals surface area contributed by atoms with E-state index in [1.165, 1.54) is 12.8 Å². The number of amides is 1. The monoisotopic (exact) mass is 225 g/mol. The van der Waals surface area contributed by atoms with Crippen LogP contribution in [0.3, 0.4) is 0 Å². The van der Waals surface area contributed by atoms with Crippen LogP contribution < -0.4 is 16.4 Å². The Bertz CT molecular complexity index is 253. The van der Waals surface area contributed by atoms with E-state index in [1.54, 1.807) is 0 Å². The fourth-order valence-corrected chi connectivity index (χ4v) is 2.49. The largest absolute Gasteiger partial charge is 0.352 e. The molecule has 0 saturated heterocycles. The molecule has 0 aromatic carbocycles. The molecule has 0 heterocycles. The van der Waals surface area contributed by atoms with Crippen molar-refractivity contribution in [3.8, 4) is 0 Å². The van der Waals surface area contributed by atoms with Crippen LogP contribution in [0.2, 0.25) is 0 Å².